The Balaban J connectivity index is 2.10. The van der Waals surface area contributed by atoms with Crippen molar-refractivity contribution in [3.05, 3.63) is 41.5 Å². The molecule has 2 aliphatic carbocycles. The summed E-state index contributed by atoms with van der Waals surface area (Å²) in [6, 6.07) is 4.44. The number of esters is 1. The van der Waals surface area contributed by atoms with Crippen molar-refractivity contribution >= 4 is 17.5 Å². The highest BCUT2D eigenvalue weighted by Crippen LogP contribution is 2.41. The molecule has 0 fully saturated rings. The van der Waals surface area contributed by atoms with Crippen LogP contribution in [-0.2, 0) is 9.53 Å². The average Bonchev–Trinajstić information content (AvgIpc) is 2.44. The van der Waals surface area contributed by atoms with E-state index in [4.69, 9.17) is 4.74 Å². The van der Waals surface area contributed by atoms with E-state index in [1.807, 2.05) is 0 Å². The topological polar surface area (TPSA) is 80.7 Å². The fourth-order valence-electron chi connectivity index (χ4n) is 3.13. The summed E-state index contributed by atoms with van der Waals surface area (Å²) in [6.45, 7) is 1.27. The van der Waals surface area contributed by atoms with Crippen molar-refractivity contribution in [2.75, 3.05) is 0 Å². The van der Waals surface area contributed by atoms with Crippen LogP contribution in [0.5, 0.6) is 5.75 Å². The number of carbonyl (C=O) groups excluding carboxylic acids is 3. The third-order valence-electron chi connectivity index (χ3n) is 4.00. The number of Topliss-reactive ketones (excluding diaryl/α,β-unsaturated/α-hetero) is 2. The van der Waals surface area contributed by atoms with Gasteiger partial charge in [0.2, 0.25) is 0 Å². The van der Waals surface area contributed by atoms with Gasteiger partial charge in [0.25, 0.3) is 0 Å². The molecule has 21 heavy (non-hydrogen) atoms. The number of aromatic hydroxyl groups is 1. The first-order valence-corrected chi connectivity index (χ1v) is 6.75. The number of phenolic OH excluding ortho intramolecular Hbond substituents is 1. The molecule has 108 valence electrons. The van der Waals surface area contributed by atoms with Crippen LogP contribution in [0.1, 0.15) is 34.1 Å². The predicted octanol–water partition coefficient (Wildman–Crippen LogP) is 1.90. The Kier molecular flexibility index (Phi) is 3.12. The van der Waals surface area contributed by atoms with Crippen molar-refractivity contribution < 1.29 is 24.2 Å². The van der Waals surface area contributed by atoms with Gasteiger partial charge in [-0.3, -0.25) is 14.4 Å². The zero-order valence-corrected chi connectivity index (χ0v) is 11.4. The van der Waals surface area contributed by atoms with Crippen LogP contribution in [0.2, 0.25) is 0 Å². The number of allylic oxidation sites excluding steroid dienone is 1. The summed E-state index contributed by atoms with van der Waals surface area (Å²) in [5.74, 6) is -2.50. The maximum atomic E-state index is 12.7. The minimum absolute atomic E-state index is 0.0839. The van der Waals surface area contributed by atoms with E-state index in [0.717, 1.165) is 0 Å². The van der Waals surface area contributed by atoms with Gasteiger partial charge in [-0.25, -0.2) is 0 Å². The predicted molar refractivity (Wildman–Crippen MR) is 73.1 cm³/mol. The van der Waals surface area contributed by atoms with Crippen molar-refractivity contribution in [3.63, 3.8) is 0 Å². The Morgan fingerprint density at radius 2 is 2.05 bits per heavy atom. The van der Waals surface area contributed by atoms with Crippen molar-refractivity contribution in [2.45, 2.75) is 19.4 Å². The highest BCUT2D eigenvalue weighted by Gasteiger charge is 2.47. The molecule has 2 aliphatic rings. The van der Waals surface area contributed by atoms with Crippen molar-refractivity contribution in [1.82, 2.24) is 0 Å². The summed E-state index contributed by atoms with van der Waals surface area (Å²) in [5.41, 5.74) is 0.286. The second-order valence-electron chi connectivity index (χ2n) is 5.30. The normalized spacial score (nSPS) is 27.0. The Morgan fingerprint density at radius 1 is 1.29 bits per heavy atom. The van der Waals surface area contributed by atoms with Gasteiger partial charge in [-0.1, -0.05) is 18.2 Å². The van der Waals surface area contributed by atoms with Gasteiger partial charge in [0.1, 0.15) is 11.9 Å². The first-order chi connectivity index (χ1) is 10.0. The zero-order valence-electron chi connectivity index (χ0n) is 11.4. The van der Waals surface area contributed by atoms with Gasteiger partial charge >= 0.3 is 5.97 Å². The van der Waals surface area contributed by atoms with E-state index < -0.39 is 23.9 Å². The second kappa shape index (κ2) is 4.84. The highest BCUT2D eigenvalue weighted by atomic mass is 16.5. The van der Waals surface area contributed by atoms with E-state index in [9.17, 15) is 19.5 Å². The van der Waals surface area contributed by atoms with Crippen LogP contribution in [0.4, 0.5) is 0 Å². The van der Waals surface area contributed by atoms with Gasteiger partial charge in [0, 0.05) is 18.4 Å². The lowest BCUT2D eigenvalue weighted by Gasteiger charge is -2.36. The fraction of sp³-hybridized carbons (Fsp3) is 0.312. The highest BCUT2D eigenvalue weighted by molar-refractivity contribution is 6.17. The summed E-state index contributed by atoms with van der Waals surface area (Å²) >= 11 is 0. The number of phenols is 1. The van der Waals surface area contributed by atoms with E-state index in [1.54, 1.807) is 12.2 Å². The van der Waals surface area contributed by atoms with Crippen LogP contribution in [0.15, 0.2) is 30.4 Å². The van der Waals surface area contributed by atoms with Crippen LogP contribution in [0.25, 0.3) is 0 Å². The van der Waals surface area contributed by atoms with Crippen LogP contribution < -0.4 is 0 Å². The molecule has 3 atom stereocenters. The molecule has 0 spiro atoms. The molecule has 0 aromatic heterocycles. The van der Waals surface area contributed by atoms with Crippen molar-refractivity contribution in [2.24, 2.45) is 11.8 Å². The molecule has 3 rings (SSSR count). The number of carbonyl (C=O) groups is 3. The third kappa shape index (κ3) is 2.05. The molecule has 0 aliphatic heterocycles. The van der Waals surface area contributed by atoms with Crippen molar-refractivity contribution in [1.29, 1.82) is 0 Å². The van der Waals surface area contributed by atoms with Crippen LogP contribution >= 0.6 is 0 Å². The van der Waals surface area contributed by atoms with Gasteiger partial charge in [-0.05, 0) is 18.6 Å². The molecular weight excluding hydrogens is 272 g/mol. The van der Waals surface area contributed by atoms with E-state index in [2.05, 4.69) is 0 Å². The molecule has 1 aromatic carbocycles. The standard InChI is InChI=1S/C16H14O5/c1-8(17)21-12-7-3-5-10-14(12)16(20)9-4-2-6-11(18)13(9)15(10)19/h2-4,6-7,10,12,14,18H,5H2,1H3/t10-,12+,14-/m0/s1. The monoisotopic (exact) mass is 286 g/mol. The number of ether oxygens (including phenoxy) is 1. The fourth-order valence-corrected chi connectivity index (χ4v) is 3.13. The summed E-state index contributed by atoms with van der Waals surface area (Å²) in [5, 5.41) is 9.87. The quantitative estimate of drug-likeness (QED) is 0.630. The molecule has 1 N–H and O–H groups in total. The van der Waals surface area contributed by atoms with Crippen molar-refractivity contribution in [3.8, 4) is 5.75 Å². The Labute approximate surface area is 121 Å². The number of hydrogen-bond donors (Lipinski definition) is 1. The number of benzene rings is 1. The SMILES string of the molecule is CC(=O)O[C@@H]1C=CC[C@@H]2C(=O)c3c(O)cccc3C(=O)[C@@H]21. The van der Waals surface area contributed by atoms with E-state index in [-0.39, 0.29) is 28.4 Å². The maximum absolute atomic E-state index is 12.7. The molecule has 0 amide bonds. The Bertz CT molecular complexity index is 673. The first-order valence-electron chi connectivity index (χ1n) is 6.75. The Morgan fingerprint density at radius 3 is 2.76 bits per heavy atom. The number of ketones is 2. The average molecular weight is 286 g/mol. The molecule has 0 bridgehead atoms. The molecule has 5 heteroatoms. The van der Waals surface area contributed by atoms with Gasteiger partial charge in [-0.2, -0.15) is 0 Å². The summed E-state index contributed by atoms with van der Waals surface area (Å²) in [7, 11) is 0. The van der Waals surface area contributed by atoms with Crippen LogP contribution in [-0.4, -0.2) is 28.7 Å². The van der Waals surface area contributed by atoms with E-state index >= 15 is 0 Å². The lowest BCUT2D eigenvalue weighted by atomic mass is 9.68. The largest absolute Gasteiger partial charge is 0.507 e. The summed E-state index contributed by atoms with van der Waals surface area (Å²) in [6.07, 6.45) is 3.07. The molecule has 0 radical (unpaired) electrons. The minimum atomic E-state index is -0.729. The minimum Gasteiger partial charge on any atom is -0.507 e. The number of hydrogen-bond acceptors (Lipinski definition) is 5. The molecular formula is C16H14O5. The third-order valence-corrected chi connectivity index (χ3v) is 4.00. The van der Waals surface area contributed by atoms with Crippen LogP contribution in [0, 0.1) is 11.8 Å². The van der Waals surface area contributed by atoms with E-state index in [0.29, 0.717) is 6.42 Å². The summed E-state index contributed by atoms with van der Waals surface area (Å²) < 4.78 is 5.16. The molecule has 0 saturated carbocycles. The van der Waals surface area contributed by atoms with Gasteiger partial charge in [0.05, 0.1) is 11.5 Å². The molecule has 0 unspecified atom stereocenters. The lowest BCUT2D eigenvalue weighted by molar-refractivity contribution is -0.146. The zero-order chi connectivity index (χ0) is 15.1. The second-order valence-corrected chi connectivity index (χ2v) is 5.30. The maximum Gasteiger partial charge on any atom is 0.303 e. The molecule has 0 heterocycles. The first kappa shape index (κ1) is 13.5. The van der Waals surface area contributed by atoms with Gasteiger partial charge in [0.15, 0.2) is 11.6 Å². The number of rotatable bonds is 1. The van der Waals surface area contributed by atoms with Crippen LogP contribution in [0.3, 0.4) is 0 Å². The lowest BCUT2D eigenvalue weighted by Crippen LogP contribution is -2.45. The molecule has 1 aromatic rings. The molecule has 0 saturated heterocycles. The summed E-state index contributed by atoms with van der Waals surface area (Å²) in [4.78, 5) is 36.4. The Hall–Kier alpha value is -2.43. The smallest absolute Gasteiger partial charge is 0.303 e. The number of fused-ring (bicyclic) bond motifs is 2. The van der Waals surface area contributed by atoms with Gasteiger partial charge in [-0.15, -0.1) is 0 Å². The van der Waals surface area contributed by atoms with Gasteiger partial charge < -0.3 is 9.84 Å². The van der Waals surface area contributed by atoms with E-state index in [1.165, 1.54) is 25.1 Å². The molecule has 5 nitrogen and oxygen atoms in total.